The van der Waals surface area contributed by atoms with Crippen molar-refractivity contribution < 1.29 is 4.57 Å². The van der Waals surface area contributed by atoms with Crippen LogP contribution in [-0.4, -0.2) is 9.13 Å². The van der Waals surface area contributed by atoms with E-state index in [-0.39, 0.29) is 0 Å². The molecule has 0 saturated carbocycles. The first-order valence-corrected chi connectivity index (χ1v) is 12.7. The van der Waals surface area contributed by atoms with Crippen LogP contribution in [0.25, 0.3) is 45.1 Å². The van der Waals surface area contributed by atoms with Crippen molar-refractivity contribution in [2.45, 2.75) is 13.8 Å². The molecule has 0 N–H and O–H groups in total. The van der Waals surface area contributed by atoms with Crippen LogP contribution in [-0.2, 0) is 7.05 Å². The Morgan fingerprint density at radius 3 is 1.73 bits per heavy atom. The van der Waals surface area contributed by atoms with E-state index >= 15 is 0 Å². The van der Waals surface area contributed by atoms with Gasteiger partial charge in [0.1, 0.15) is 23.8 Å². The first-order chi connectivity index (χ1) is 18.1. The van der Waals surface area contributed by atoms with Crippen LogP contribution < -0.4 is 4.57 Å². The molecule has 0 atom stereocenters. The van der Waals surface area contributed by atoms with E-state index in [1.54, 1.807) is 0 Å². The van der Waals surface area contributed by atoms with Crippen molar-refractivity contribution >= 4 is 0 Å². The second-order valence-electron chi connectivity index (χ2n) is 9.52. The van der Waals surface area contributed by atoms with Gasteiger partial charge in [0, 0.05) is 16.8 Å². The van der Waals surface area contributed by atoms with E-state index in [4.69, 9.17) is 0 Å². The fourth-order valence-electron chi connectivity index (χ4n) is 5.41. The summed E-state index contributed by atoms with van der Waals surface area (Å²) >= 11 is 0. The van der Waals surface area contributed by atoms with E-state index in [1.807, 2.05) is 0 Å². The van der Waals surface area contributed by atoms with Crippen LogP contribution in [0.3, 0.4) is 0 Å². The Balaban J connectivity index is 1.71. The minimum atomic E-state index is 1.14. The molecule has 0 aliphatic rings. The minimum absolute atomic E-state index is 1.14. The molecule has 6 aromatic rings. The largest absolute Gasteiger partial charge is 0.311 e. The van der Waals surface area contributed by atoms with Gasteiger partial charge in [-0.3, -0.25) is 0 Å². The summed E-state index contributed by atoms with van der Waals surface area (Å²) in [5.74, 6) is 1.14. The number of imidazole rings is 1. The zero-order valence-corrected chi connectivity index (χ0v) is 21.5. The number of aryl methyl sites for hydroxylation is 3. The predicted octanol–water partition coefficient (Wildman–Crippen LogP) is 7.71. The Morgan fingerprint density at radius 2 is 1.16 bits per heavy atom. The summed E-state index contributed by atoms with van der Waals surface area (Å²) in [6, 6.07) is 40.9. The molecule has 0 bridgehead atoms. The van der Waals surface area contributed by atoms with Crippen LogP contribution in [0, 0.1) is 13.8 Å². The standard InChI is InChI=1S/C34H30N3/c1-25-24-26(2)37(32(25)34-35(3)22-23-36(34)29-18-11-6-12-19-29)33-30(27-14-7-4-8-15-27)20-13-21-31(33)28-16-9-5-10-17-28/h4-24H,1-3H3/q+1. The molecule has 0 radical (unpaired) electrons. The number of hydrogen-bond acceptors (Lipinski definition) is 0. The van der Waals surface area contributed by atoms with Crippen molar-refractivity contribution in [3.05, 3.63) is 139 Å². The van der Waals surface area contributed by atoms with E-state index in [0.717, 1.165) is 11.5 Å². The molecule has 3 nitrogen and oxygen atoms in total. The van der Waals surface area contributed by atoms with Gasteiger partial charge in [-0.05, 0) is 48.7 Å². The highest BCUT2D eigenvalue weighted by Crippen LogP contribution is 2.40. The van der Waals surface area contributed by atoms with Gasteiger partial charge in [-0.2, -0.15) is 4.57 Å². The molecule has 180 valence electrons. The molecule has 6 rings (SSSR count). The van der Waals surface area contributed by atoms with Crippen molar-refractivity contribution in [2.75, 3.05) is 0 Å². The first kappa shape index (κ1) is 22.8. The predicted molar refractivity (Wildman–Crippen MR) is 152 cm³/mol. The van der Waals surface area contributed by atoms with Crippen molar-refractivity contribution in [3.8, 4) is 45.1 Å². The van der Waals surface area contributed by atoms with Gasteiger partial charge in [-0.1, -0.05) is 97.1 Å². The molecule has 0 fully saturated rings. The second-order valence-corrected chi connectivity index (χ2v) is 9.52. The lowest BCUT2D eigenvalue weighted by molar-refractivity contribution is -0.659. The van der Waals surface area contributed by atoms with Crippen molar-refractivity contribution in [1.29, 1.82) is 0 Å². The van der Waals surface area contributed by atoms with Crippen LogP contribution in [0.15, 0.2) is 128 Å². The molecule has 4 aromatic carbocycles. The van der Waals surface area contributed by atoms with Gasteiger partial charge in [0.25, 0.3) is 0 Å². The fraction of sp³-hybridized carbons (Fsp3) is 0.0882. The number of rotatable bonds is 5. The number of aromatic nitrogens is 3. The van der Waals surface area contributed by atoms with Crippen molar-refractivity contribution in [1.82, 2.24) is 9.13 Å². The number of benzene rings is 4. The molecular weight excluding hydrogens is 450 g/mol. The number of nitrogens with zero attached hydrogens (tertiary/aromatic N) is 3. The maximum Gasteiger partial charge on any atom is 0.311 e. The van der Waals surface area contributed by atoms with Gasteiger partial charge in [0.2, 0.25) is 0 Å². The summed E-state index contributed by atoms with van der Waals surface area (Å²) in [5.41, 5.74) is 10.8. The maximum absolute atomic E-state index is 2.45. The Bertz CT molecular complexity index is 1620. The highest BCUT2D eigenvalue weighted by Gasteiger charge is 2.28. The van der Waals surface area contributed by atoms with Crippen LogP contribution in [0.1, 0.15) is 11.3 Å². The van der Waals surface area contributed by atoms with Gasteiger partial charge in [-0.25, -0.2) is 4.57 Å². The summed E-state index contributed by atoms with van der Waals surface area (Å²) in [6.07, 6.45) is 4.29. The van der Waals surface area contributed by atoms with E-state index in [1.165, 1.54) is 44.9 Å². The smallest absolute Gasteiger partial charge is 0.306 e. The third kappa shape index (κ3) is 3.99. The minimum Gasteiger partial charge on any atom is -0.306 e. The number of para-hydroxylation sites is 2. The SMILES string of the molecule is Cc1cc(C)n(-c2c(-c3ccccc3)cccc2-c2ccccc2)c1-c1n(-c2ccccc2)cc[n+]1C. The quantitative estimate of drug-likeness (QED) is 0.224. The van der Waals surface area contributed by atoms with Crippen LogP contribution in [0.2, 0.25) is 0 Å². The monoisotopic (exact) mass is 480 g/mol. The molecule has 0 amide bonds. The zero-order valence-electron chi connectivity index (χ0n) is 21.5. The number of hydrogen-bond donors (Lipinski definition) is 0. The Hall–Kier alpha value is -4.63. The van der Waals surface area contributed by atoms with Gasteiger partial charge in [-0.15, -0.1) is 0 Å². The van der Waals surface area contributed by atoms with Gasteiger partial charge >= 0.3 is 5.82 Å². The van der Waals surface area contributed by atoms with Gasteiger partial charge in [0.05, 0.1) is 12.7 Å². The normalized spacial score (nSPS) is 11.1. The molecule has 3 heteroatoms. The Morgan fingerprint density at radius 1 is 0.622 bits per heavy atom. The molecular formula is C34H30N3+. The van der Waals surface area contributed by atoms with Crippen LogP contribution >= 0.6 is 0 Å². The highest BCUT2D eigenvalue weighted by molar-refractivity contribution is 5.87. The van der Waals surface area contributed by atoms with Crippen molar-refractivity contribution in [2.24, 2.45) is 7.05 Å². The molecule has 37 heavy (non-hydrogen) atoms. The summed E-state index contributed by atoms with van der Waals surface area (Å²) in [4.78, 5) is 0. The van der Waals surface area contributed by atoms with E-state index in [2.05, 4.69) is 162 Å². The first-order valence-electron chi connectivity index (χ1n) is 12.7. The van der Waals surface area contributed by atoms with Crippen molar-refractivity contribution in [3.63, 3.8) is 0 Å². The molecule has 2 heterocycles. The summed E-state index contributed by atoms with van der Waals surface area (Å²) in [5, 5.41) is 0. The average molecular weight is 481 g/mol. The van der Waals surface area contributed by atoms with E-state index in [9.17, 15) is 0 Å². The van der Waals surface area contributed by atoms with Gasteiger partial charge < -0.3 is 4.57 Å². The lowest BCUT2D eigenvalue weighted by Gasteiger charge is -2.20. The third-order valence-electron chi connectivity index (χ3n) is 7.05. The maximum atomic E-state index is 2.45. The molecule has 0 spiro atoms. The van der Waals surface area contributed by atoms with Crippen LogP contribution in [0.4, 0.5) is 0 Å². The fourth-order valence-corrected chi connectivity index (χ4v) is 5.41. The second kappa shape index (κ2) is 9.44. The molecule has 2 aromatic heterocycles. The third-order valence-corrected chi connectivity index (χ3v) is 7.05. The summed E-state index contributed by atoms with van der Waals surface area (Å²) in [6.45, 7) is 4.43. The molecule has 0 aliphatic heterocycles. The Kier molecular flexibility index (Phi) is 5.82. The van der Waals surface area contributed by atoms with Crippen LogP contribution in [0.5, 0.6) is 0 Å². The van der Waals surface area contributed by atoms with E-state index < -0.39 is 0 Å². The van der Waals surface area contributed by atoms with Gasteiger partial charge in [0.15, 0.2) is 0 Å². The highest BCUT2D eigenvalue weighted by atomic mass is 15.2. The Labute approximate surface area is 218 Å². The molecule has 0 aliphatic carbocycles. The summed E-state index contributed by atoms with van der Waals surface area (Å²) in [7, 11) is 2.13. The average Bonchev–Trinajstić information content (AvgIpc) is 3.46. The lowest BCUT2D eigenvalue weighted by atomic mass is 9.95. The zero-order chi connectivity index (χ0) is 25.4. The molecule has 0 saturated heterocycles. The molecule has 0 unspecified atom stereocenters. The lowest BCUT2D eigenvalue weighted by Crippen LogP contribution is -2.30. The van der Waals surface area contributed by atoms with E-state index in [0.29, 0.717) is 0 Å². The topological polar surface area (TPSA) is 13.7 Å². The summed E-state index contributed by atoms with van der Waals surface area (Å²) < 4.78 is 6.96.